The summed E-state index contributed by atoms with van der Waals surface area (Å²) in [6.07, 6.45) is 8.47. The lowest BCUT2D eigenvalue weighted by Gasteiger charge is -2.32. The van der Waals surface area contributed by atoms with Gasteiger partial charge in [-0.05, 0) is 63.0 Å². The van der Waals surface area contributed by atoms with Gasteiger partial charge in [-0.3, -0.25) is 4.98 Å². The van der Waals surface area contributed by atoms with Crippen LogP contribution in [0.25, 0.3) is 0 Å². The molecule has 0 aromatic carbocycles. The normalized spacial score (nSPS) is 25.5. The molecule has 0 saturated heterocycles. The molecule has 33 heavy (non-hydrogen) atoms. The van der Waals surface area contributed by atoms with Crippen molar-refractivity contribution >= 4 is 21.6 Å². The second kappa shape index (κ2) is 7.00. The first-order valence-electron chi connectivity index (χ1n) is 11.4. The van der Waals surface area contributed by atoms with Crippen molar-refractivity contribution in [3.8, 4) is 5.88 Å². The van der Waals surface area contributed by atoms with Crippen LogP contribution in [0.1, 0.15) is 55.1 Å². The van der Waals surface area contributed by atoms with Crippen LogP contribution < -0.4 is 15.2 Å². The second-order valence-corrected chi connectivity index (χ2v) is 11.6. The molecular weight excluding hydrogens is 444 g/mol. The molecule has 3 N–H and O–H groups in total. The van der Waals surface area contributed by atoms with Gasteiger partial charge in [-0.1, -0.05) is 0 Å². The number of nitrogens with two attached hydrogens (primary N) is 1. The van der Waals surface area contributed by atoms with Gasteiger partial charge in [-0.2, -0.15) is 5.10 Å². The highest BCUT2D eigenvalue weighted by Crippen LogP contribution is 2.58. The Bertz CT molecular complexity index is 1310. The molecule has 6 rings (SSSR count). The highest BCUT2D eigenvalue weighted by Gasteiger charge is 2.51. The van der Waals surface area contributed by atoms with Gasteiger partial charge in [0.25, 0.3) is 0 Å². The monoisotopic (exact) mass is 472 g/mol. The van der Waals surface area contributed by atoms with Crippen molar-refractivity contribution in [3.05, 3.63) is 28.7 Å². The van der Waals surface area contributed by atoms with Crippen molar-refractivity contribution < 1.29 is 18.5 Å². The third-order valence-corrected chi connectivity index (χ3v) is 8.90. The van der Waals surface area contributed by atoms with Gasteiger partial charge < -0.3 is 14.8 Å². The number of hydrogen-bond donors (Lipinski definition) is 2. The van der Waals surface area contributed by atoms with Gasteiger partial charge in [0.05, 0.1) is 24.1 Å². The first kappa shape index (κ1) is 21.1. The molecule has 11 heteroatoms. The van der Waals surface area contributed by atoms with Crippen LogP contribution in [0.2, 0.25) is 0 Å². The zero-order valence-corrected chi connectivity index (χ0v) is 19.7. The van der Waals surface area contributed by atoms with E-state index in [0.717, 1.165) is 73.1 Å². The van der Waals surface area contributed by atoms with E-state index in [0.29, 0.717) is 6.54 Å². The summed E-state index contributed by atoms with van der Waals surface area (Å²) in [6, 6.07) is -0.723. The molecule has 2 aromatic rings. The number of anilines is 1. The van der Waals surface area contributed by atoms with Gasteiger partial charge in [0.1, 0.15) is 17.1 Å². The zero-order chi connectivity index (χ0) is 23.0. The van der Waals surface area contributed by atoms with Crippen molar-refractivity contribution in [1.29, 1.82) is 0 Å². The Labute approximate surface area is 192 Å². The number of aryl methyl sites for hydroxylation is 1. The van der Waals surface area contributed by atoms with Gasteiger partial charge in [0.2, 0.25) is 5.88 Å². The molecular formula is C22H28N6O4S. The van der Waals surface area contributed by atoms with Gasteiger partial charge in [0, 0.05) is 18.2 Å². The summed E-state index contributed by atoms with van der Waals surface area (Å²) in [4.78, 5) is 18.1. The first-order valence-corrected chi connectivity index (χ1v) is 13.0. The highest BCUT2D eigenvalue weighted by atomic mass is 32.2. The number of ether oxygens (including phenoxy) is 2. The van der Waals surface area contributed by atoms with Crippen molar-refractivity contribution in [2.24, 2.45) is 9.50 Å². The molecule has 3 aliphatic carbocycles. The van der Waals surface area contributed by atoms with Crippen LogP contribution in [0.15, 0.2) is 15.5 Å². The zero-order valence-electron chi connectivity index (χ0n) is 18.8. The van der Waals surface area contributed by atoms with Gasteiger partial charge in [-0.25, -0.2) is 18.8 Å². The van der Waals surface area contributed by atoms with Crippen molar-refractivity contribution in [2.75, 3.05) is 19.0 Å². The van der Waals surface area contributed by atoms with Crippen LogP contribution in [0, 0.1) is 0 Å². The molecule has 3 heterocycles. The maximum absolute atomic E-state index is 13.3. The number of fused-ring (bicyclic) bond motifs is 4. The number of nitrogens with one attached hydrogen (secondary N) is 1. The fourth-order valence-corrected chi connectivity index (χ4v) is 6.40. The van der Waals surface area contributed by atoms with Crippen molar-refractivity contribution in [3.63, 3.8) is 0 Å². The molecule has 2 amide bonds. The summed E-state index contributed by atoms with van der Waals surface area (Å²) in [5, 5.41) is 13.2. The lowest BCUT2D eigenvalue weighted by Crippen LogP contribution is -2.43. The predicted molar refractivity (Wildman–Crippen MR) is 121 cm³/mol. The number of methoxy groups -OCH3 is 1. The molecule has 1 spiro atoms. The maximum Gasteiger partial charge on any atom is 0.354 e. The molecule has 0 bridgehead atoms. The average molecular weight is 473 g/mol. The fourth-order valence-electron chi connectivity index (χ4n) is 5.40. The summed E-state index contributed by atoms with van der Waals surface area (Å²) in [7, 11) is -1.96. The third-order valence-electron chi connectivity index (χ3n) is 7.55. The number of amides is 2. The Balaban J connectivity index is 1.32. The van der Waals surface area contributed by atoms with E-state index in [1.165, 1.54) is 6.20 Å². The molecule has 10 nitrogen and oxygen atoms in total. The molecule has 1 aliphatic heterocycles. The van der Waals surface area contributed by atoms with E-state index < -0.39 is 21.5 Å². The predicted octanol–water partition coefficient (Wildman–Crippen LogP) is 2.47. The molecule has 1 saturated carbocycles. The van der Waals surface area contributed by atoms with E-state index in [1.54, 1.807) is 11.8 Å². The summed E-state index contributed by atoms with van der Waals surface area (Å²) >= 11 is 0. The number of pyridine rings is 1. The van der Waals surface area contributed by atoms with Crippen LogP contribution in [0.4, 0.5) is 10.5 Å². The number of nitrogens with zero attached hydrogens (tertiary/aromatic N) is 4. The minimum Gasteiger partial charge on any atom is -0.474 e. The number of carbonyl (C=O) groups excluding carboxylic acids is 1. The quantitative estimate of drug-likeness (QED) is 0.705. The smallest absolute Gasteiger partial charge is 0.354 e. The molecule has 2 unspecified atom stereocenters. The number of aromatic nitrogens is 3. The average Bonchev–Trinajstić information content (AvgIpc) is 3.10. The standard InChI is InChI=1S/C22H28N6O4S/c1-21(31-2)11-28-19(32-12-21)16(10-24-28)33(23,30)27-20(29)26-17-13-4-3-5-15(13)25-18-14(17)6-7-22(18)8-9-22/h10H,3-9,11-12H2,1-2H3,(H3,23,25,26,27,29,30). The molecule has 0 radical (unpaired) electrons. The Morgan fingerprint density at radius 3 is 2.88 bits per heavy atom. The van der Waals surface area contributed by atoms with E-state index in [9.17, 15) is 9.00 Å². The minimum absolute atomic E-state index is 0.109. The fraction of sp³-hybridized carbons (Fsp3) is 0.591. The molecule has 4 aliphatic rings. The topological polar surface area (TPSA) is 134 Å². The maximum atomic E-state index is 13.3. The van der Waals surface area contributed by atoms with Crippen LogP contribution in [-0.2, 0) is 45.9 Å². The number of rotatable bonds is 3. The van der Waals surface area contributed by atoms with Crippen molar-refractivity contribution in [2.45, 2.75) is 74.3 Å². The van der Waals surface area contributed by atoms with E-state index in [4.69, 9.17) is 19.6 Å². The van der Waals surface area contributed by atoms with Crippen LogP contribution in [0.5, 0.6) is 5.88 Å². The first-order chi connectivity index (χ1) is 15.7. The summed E-state index contributed by atoms with van der Waals surface area (Å²) in [5.41, 5.74) is 4.88. The van der Waals surface area contributed by atoms with Gasteiger partial charge in [-0.15, -0.1) is 4.36 Å². The highest BCUT2D eigenvalue weighted by molar-refractivity contribution is 7.91. The number of carbonyl (C=O) groups is 1. The molecule has 2 aromatic heterocycles. The van der Waals surface area contributed by atoms with E-state index >= 15 is 0 Å². The SMILES string of the molecule is COC1(C)COc2c(S(N)(=O)=NC(=O)Nc3c4c(nc5c3CCC53CC3)CCC4)cnn2C1. The van der Waals surface area contributed by atoms with E-state index in [1.807, 2.05) is 6.92 Å². The minimum atomic E-state index is -3.56. The second-order valence-electron chi connectivity index (χ2n) is 9.88. The van der Waals surface area contributed by atoms with Crippen LogP contribution in [-0.4, -0.2) is 44.3 Å². The Kier molecular flexibility index (Phi) is 4.47. The van der Waals surface area contributed by atoms with Crippen LogP contribution in [0.3, 0.4) is 0 Å². The molecule has 2 atom stereocenters. The van der Waals surface area contributed by atoms with Gasteiger partial charge >= 0.3 is 6.03 Å². The Morgan fingerprint density at radius 1 is 1.30 bits per heavy atom. The van der Waals surface area contributed by atoms with Crippen molar-refractivity contribution in [1.82, 2.24) is 14.8 Å². The molecule has 1 fully saturated rings. The Morgan fingerprint density at radius 2 is 2.12 bits per heavy atom. The Hall–Kier alpha value is -2.50. The summed E-state index contributed by atoms with van der Waals surface area (Å²) in [5.74, 6) is 0.259. The number of hydrogen-bond acceptors (Lipinski definition) is 6. The molecule has 176 valence electrons. The summed E-state index contributed by atoms with van der Waals surface area (Å²) in [6.45, 7) is 2.56. The third kappa shape index (κ3) is 3.28. The lowest BCUT2D eigenvalue weighted by atomic mass is 10.0. The largest absolute Gasteiger partial charge is 0.474 e. The summed E-state index contributed by atoms with van der Waals surface area (Å²) < 4.78 is 30.0. The van der Waals surface area contributed by atoms with Crippen LogP contribution >= 0.6 is 0 Å². The number of urea groups is 1. The van der Waals surface area contributed by atoms with E-state index in [-0.39, 0.29) is 22.8 Å². The van der Waals surface area contributed by atoms with E-state index in [2.05, 4.69) is 14.8 Å². The van der Waals surface area contributed by atoms with Gasteiger partial charge in [0.15, 0.2) is 9.92 Å². The lowest BCUT2D eigenvalue weighted by molar-refractivity contribution is -0.0654.